The van der Waals surface area contributed by atoms with E-state index in [1.54, 1.807) is 0 Å². The van der Waals surface area contributed by atoms with Crippen LogP contribution in [-0.4, -0.2) is 48.9 Å². The minimum Gasteiger partial charge on any atom is -0.477 e. The van der Waals surface area contributed by atoms with E-state index in [0.717, 1.165) is 0 Å². The lowest BCUT2D eigenvalue weighted by atomic mass is 9.96. The molecule has 5 N–H and O–H groups in total. The van der Waals surface area contributed by atoms with E-state index in [2.05, 4.69) is 0 Å². The largest absolute Gasteiger partial charge is 0.477 e. The molecule has 0 heterocycles. The number of Topliss-reactive ketones (excluding diaryl/α,β-unsaturated/α-hetero) is 1. The number of carbonyl (C=O) groups is 2. The number of carbonyl (C=O) groups excluding carboxylic acids is 1. The van der Waals surface area contributed by atoms with Crippen LogP contribution >= 0.6 is 0 Å². The summed E-state index contributed by atoms with van der Waals surface area (Å²) in [5.41, 5.74) is -0.272. The van der Waals surface area contributed by atoms with E-state index in [0.29, 0.717) is 0 Å². The van der Waals surface area contributed by atoms with Gasteiger partial charge in [0, 0.05) is 5.56 Å². The maximum Gasteiger partial charge on any atom is 0.370 e. The molecule has 17 heavy (non-hydrogen) atoms. The molecule has 7 heteroatoms. The summed E-state index contributed by atoms with van der Waals surface area (Å²) in [7, 11) is 0. The molecular formula is C10H10O7. The molecule has 0 saturated heterocycles. The van der Waals surface area contributed by atoms with Gasteiger partial charge < -0.3 is 25.5 Å². The smallest absolute Gasteiger partial charge is 0.370 e. The lowest BCUT2D eigenvalue weighted by Crippen LogP contribution is -2.63. The summed E-state index contributed by atoms with van der Waals surface area (Å²) < 4.78 is 0. The van der Waals surface area contributed by atoms with Gasteiger partial charge in [0.25, 0.3) is 5.79 Å². The number of aliphatic carboxylic acids is 1. The van der Waals surface area contributed by atoms with E-state index in [1.807, 2.05) is 0 Å². The van der Waals surface area contributed by atoms with Gasteiger partial charge >= 0.3 is 11.8 Å². The standard InChI is InChI=1S/C10H10O7/c11-7(6-4-2-1-3-5-6)9(14,15)10(16,17)8(12)13/h1-5,14-17H,(H,12,13). The molecule has 0 fully saturated rings. The van der Waals surface area contributed by atoms with Crippen LogP contribution in [0.25, 0.3) is 0 Å². The highest BCUT2D eigenvalue weighted by atomic mass is 16.6. The van der Waals surface area contributed by atoms with Gasteiger partial charge in [0.1, 0.15) is 0 Å². The topological polar surface area (TPSA) is 135 Å². The molecule has 92 valence electrons. The van der Waals surface area contributed by atoms with Crippen molar-refractivity contribution in [2.75, 3.05) is 0 Å². The number of hydrogen-bond acceptors (Lipinski definition) is 6. The van der Waals surface area contributed by atoms with Crippen molar-refractivity contribution in [2.24, 2.45) is 0 Å². The Hall–Kier alpha value is -1.80. The summed E-state index contributed by atoms with van der Waals surface area (Å²) in [6, 6.07) is 6.65. The highest BCUT2D eigenvalue weighted by Gasteiger charge is 2.59. The number of carboxylic acid groups (broad SMARTS) is 1. The monoisotopic (exact) mass is 242 g/mol. The summed E-state index contributed by atoms with van der Waals surface area (Å²) in [6.45, 7) is 0. The summed E-state index contributed by atoms with van der Waals surface area (Å²) in [6.07, 6.45) is 0. The maximum atomic E-state index is 11.5. The Morgan fingerprint density at radius 1 is 0.882 bits per heavy atom. The van der Waals surface area contributed by atoms with E-state index in [-0.39, 0.29) is 5.56 Å². The molecule has 1 aromatic carbocycles. The molecule has 0 bridgehead atoms. The molecule has 1 rings (SSSR count). The number of hydrogen-bond donors (Lipinski definition) is 5. The third kappa shape index (κ3) is 2.17. The van der Waals surface area contributed by atoms with E-state index in [9.17, 15) is 19.8 Å². The minimum absolute atomic E-state index is 0.272. The molecule has 1 aromatic rings. The van der Waals surface area contributed by atoms with Crippen molar-refractivity contribution in [1.29, 1.82) is 0 Å². The molecule has 0 spiro atoms. The summed E-state index contributed by atoms with van der Waals surface area (Å²) in [5, 5.41) is 44.9. The van der Waals surface area contributed by atoms with Crippen molar-refractivity contribution in [3.05, 3.63) is 35.9 Å². The van der Waals surface area contributed by atoms with Crippen LogP contribution in [-0.2, 0) is 4.79 Å². The lowest BCUT2D eigenvalue weighted by molar-refractivity contribution is -0.317. The zero-order chi connectivity index (χ0) is 13.3. The molecule has 0 aromatic heterocycles. The van der Waals surface area contributed by atoms with Crippen LogP contribution in [0, 0.1) is 0 Å². The number of benzene rings is 1. The van der Waals surface area contributed by atoms with Gasteiger partial charge in [-0.3, -0.25) is 4.79 Å². The Morgan fingerprint density at radius 3 is 1.76 bits per heavy atom. The highest BCUT2D eigenvalue weighted by Crippen LogP contribution is 2.22. The van der Waals surface area contributed by atoms with Crippen molar-refractivity contribution in [2.45, 2.75) is 11.6 Å². The number of ketones is 1. The minimum atomic E-state index is -4.00. The van der Waals surface area contributed by atoms with Crippen LogP contribution < -0.4 is 0 Å². The van der Waals surface area contributed by atoms with Crippen LogP contribution in [0.5, 0.6) is 0 Å². The zero-order valence-corrected chi connectivity index (χ0v) is 8.44. The van der Waals surface area contributed by atoms with Crippen LogP contribution in [0.4, 0.5) is 0 Å². The number of carboxylic acids is 1. The van der Waals surface area contributed by atoms with E-state index in [4.69, 9.17) is 15.3 Å². The van der Waals surface area contributed by atoms with E-state index >= 15 is 0 Å². The Balaban J connectivity index is 3.16. The van der Waals surface area contributed by atoms with E-state index < -0.39 is 23.3 Å². The van der Waals surface area contributed by atoms with Crippen LogP contribution in [0.2, 0.25) is 0 Å². The van der Waals surface area contributed by atoms with E-state index in [1.165, 1.54) is 30.3 Å². The first-order valence-electron chi connectivity index (χ1n) is 4.44. The first kappa shape index (κ1) is 13.3. The van der Waals surface area contributed by atoms with Gasteiger partial charge in [-0.25, -0.2) is 4.79 Å². The SMILES string of the molecule is O=C(O)C(O)(O)C(O)(O)C(=O)c1ccccc1. The van der Waals surface area contributed by atoms with Gasteiger partial charge in [-0.15, -0.1) is 0 Å². The Bertz CT molecular complexity index is 435. The zero-order valence-electron chi connectivity index (χ0n) is 8.44. The highest BCUT2D eigenvalue weighted by molar-refractivity contribution is 6.04. The molecule has 0 radical (unpaired) electrons. The Kier molecular flexibility index (Phi) is 3.30. The Morgan fingerprint density at radius 2 is 1.35 bits per heavy atom. The van der Waals surface area contributed by atoms with Gasteiger partial charge in [-0.2, -0.15) is 0 Å². The van der Waals surface area contributed by atoms with Crippen molar-refractivity contribution in [1.82, 2.24) is 0 Å². The molecule has 0 aliphatic carbocycles. The fraction of sp³-hybridized carbons (Fsp3) is 0.200. The molecule has 0 aliphatic rings. The normalized spacial score (nSPS) is 12.2. The predicted molar refractivity (Wildman–Crippen MR) is 52.7 cm³/mol. The quantitative estimate of drug-likeness (QED) is 0.314. The van der Waals surface area contributed by atoms with Gasteiger partial charge in [0.15, 0.2) is 0 Å². The van der Waals surface area contributed by atoms with Crippen molar-refractivity contribution in [3.63, 3.8) is 0 Å². The molecular weight excluding hydrogens is 232 g/mol. The Labute approximate surface area is 95.2 Å². The summed E-state index contributed by atoms with van der Waals surface area (Å²) in [4.78, 5) is 22.0. The molecule has 0 unspecified atom stereocenters. The van der Waals surface area contributed by atoms with Crippen LogP contribution in [0.1, 0.15) is 10.4 Å². The fourth-order valence-corrected chi connectivity index (χ4v) is 1.10. The molecule has 0 amide bonds. The second kappa shape index (κ2) is 4.22. The predicted octanol–water partition coefficient (Wildman–Crippen LogP) is -1.68. The van der Waals surface area contributed by atoms with Crippen molar-refractivity contribution >= 4 is 11.8 Å². The third-order valence-electron chi connectivity index (χ3n) is 2.14. The molecule has 0 saturated carbocycles. The first-order chi connectivity index (χ1) is 7.71. The first-order valence-corrected chi connectivity index (χ1v) is 4.44. The molecule has 7 nitrogen and oxygen atoms in total. The van der Waals surface area contributed by atoms with Gasteiger partial charge in [0.2, 0.25) is 5.78 Å². The fourth-order valence-electron chi connectivity index (χ4n) is 1.10. The summed E-state index contributed by atoms with van der Waals surface area (Å²) in [5.74, 6) is -11.7. The molecule has 0 atom stereocenters. The van der Waals surface area contributed by atoms with Gasteiger partial charge in [-0.05, 0) is 0 Å². The lowest BCUT2D eigenvalue weighted by Gasteiger charge is -2.29. The second-order valence-corrected chi connectivity index (χ2v) is 3.34. The average Bonchev–Trinajstić information content (AvgIpc) is 2.28. The number of aliphatic hydroxyl groups is 4. The van der Waals surface area contributed by atoms with Crippen molar-refractivity contribution in [3.8, 4) is 0 Å². The number of rotatable bonds is 4. The van der Waals surface area contributed by atoms with Crippen molar-refractivity contribution < 1.29 is 35.1 Å². The summed E-state index contributed by atoms with van der Waals surface area (Å²) >= 11 is 0. The third-order valence-corrected chi connectivity index (χ3v) is 2.14. The maximum absolute atomic E-state index is 11.5. The second-order valence-electron chi connectivity index (χ2n) is 3.34. The van der Waals surface area contributed by atoms with Gasteiger partial charge in [0.05, 0.1) is 0 Å². The van der Waals surface area contributed by atoms with Crippen LogP contribution in [0.15, 0.2) is 30.3 Å². The average molecular weight is 242 g/mol. The van der Waals surface area contributed by atoms with Gasteiger partial charge in [-0.1, -0.05) is 30.3 Å². The molecule has 0 aliphatic heterocycles. The van der Waals surface area contributed by atoms with Crippen LogP contribution in [0.3, 0.4) is 0 Å².